The SMILES string of the molecule is CC1C/C(=C/c2ccccc2[N+](=O)[O-])C(=O)/C(=C/c2ccccc2[N+](=O)[O-])C1. The summed E-state index contributed by atoms with van der Waals surface area (Å²) in [5, 5.41) is 22.5. The van der Waals surface area contributed by atoms with Gasteiger partial charge < -0.3 is 0 Å². The van der Waals surface area contributed by atoms with Crippen molar-refractivity contribution in [2.24, 2.45) is 5.92 Å². The van der Waals surface area contributed by atoms with Crippen molar-refractivity contribution in [3.05, 3.63) is 91.0 Å². The normalized spacial score (nSPS) is 19.8. The highest BCUT2D eigenvalue weighted by Gasteiger charge is 2.27. The Balaban J connectivity index is 2.03. The largest absolute Gasteiger partial charge is 0.289 e. The number of nitrogens with zero attached hydrogens (tertiary/aromatic N) is 2. The van der Waals surface area contributed by atoms with Crippen LogP contribution in [0.2, 0.25) is 0 Å². The van der Waals surface area contributed by atoms with Crippen LogP contribution in [0.15, 0.2) is 59.7 Å². The zero-order valence-corrected chi connectivity index (χ0v) is 15.2. The van der Waals surface area contributed by atoms with Gasteiger partial charge in [-0.05, 0) is 43.0 Å². The molecule has 2 aromatic rings. The molecule has 0 N–H and O–H groups in total. The van der Waals surface area contributed by atoms with Crippen molar-refractivity contribution in [1.82, 2.24) is 0 Å². The highest BCUT2D eigenvalue weighted by molar-refractivity contribution is 6.14. The average Bonchev–Trinajstić information content (AvgIpc) is 2.66. The van der Waals surface area contributed by atoms with Crippen molar-refractivity contribution in [1.29, 1.82) is 0 Å². The van der Waals surface area contributed by atoms with Crippen molar-refractivity contribution in [3.63, 3.8) is 0 Å². The lowest BCUT2D eigenvalue weighted by atomic mass is 9.80. The summed E-state index contributed by atoms with van der Waals surface area (Å²) in [7, 11) is 0. The lowest BCUT2D eigenvalue weighted by Gasteiger charge is -2.22. The van der Waals surface area contributed by atoms with E-state index in [0.29, 0.717) is 35.1 Å². The van der Waals surface area contributed by atoms with Gasteiger partial charge in [0.05, 0.1) is 21.0 Å². The van der Waals surface area contributed by atoms with Gasteiger partial charge in [0.15, 0.2) is 5.78 Å². The summed E-state index contributed by atoms with van der Waals surface area (Å²) in [4.78, 5) is 34.5. The quantitative estimate of drug-likeness (QED) is 0.424. The van der Waals surface area contributed by atoms with Gasteiger partial charge >= 0.3 is 0 Å². The Kier molecular flexibility index (Phi) is 5.44. The molecule has 0 saturated heterocycles. The predicted octanol–water partition coefficient (Wildman–Crippen LogP) is 4.97. The number of carbonyl (C=O) groups excluding carboxylic acids is 1. The van der Waals surface area contributed by atoms with Crippen LogP contribution < -0.4 is 0 Å². The number of nitro groups is 2. The highest BCUT2D eigenvalue weighted by atomic mass is 16.6. The number of hydrogen-bond donors (Lipinski definition) is 0. The summed E-state index contributed by atoms with van der Waals surface area (Å²) in [5.41, 5.74) is 1.55. The number of rotatable bonds is 4. The van der Waals surface area contributed by atoms with Crippen LogP contribution in [0.25, 0.3) is 12.2 Å². The molecule has 3 rings (SSSR count). The zero-order chi connectivity index (χ0) is 20.3. The minimum Gasteiger partial charge on any atom is -0.289 e. The van der Waals surface area contributed by atoms with Crippen LogP contribution in [0.3, 0.4) is 0 Å². The fourth-order valence-corrected chi connectivity index (χ4v) is 3.39. The van der Waals surface area contributed by atoms with Gasteiger partial charge in [-0.2, -0.15) is 0 Å². The van der Waals surface area contributed by atoms with Gasteiger partial charge in [-0.15, -0.1) is 0 Å². The second-order valence-electron chi connectivity index (χ2n) is 6.81. The summed E-state index contributed by atoms with van der Waals surface area (Å²) >= 11 is 0. The first-order chi connectivity index (χ1) is 13.4. The average molecular weight is 378 g/mol. The molecule has 1 unspecified atom stereocenters. The molecule has 1 aliphatic rings. The summed E-state index contributed by atoms with van der Waals surface area (Å²) < 4.78 is 0. The van der Waals surface area contributed by atoms with E-state index in [1.807, 2.05) is 6.92 Å². The Morgan fingerprint density at radius 2 is 1.21 bits per heavy atom. The summed E-state index contributed by atoms with van der Waals surface area (Å²) in [6, 6.07) is 12.5. The minimum absolute atomic E-state index is 0.0646. The first-order valence-corrected chi connectivity index (χ1v) is 8.79. The lowest BCUT2D eigenvalue weighted by molar-refractivity contribution is -0.385. The first-order valence-electron chi connectivity index (χ1n) is 8.79. The molecule has 0 heterocycles. The molecule has 0 aromatic heterocycles. The van der Waals surface area contributed by atoms with E-state index in [4.69, 9.17) is 0 Å². The number of nitro benzene ring substituents is 2. The predicted molar refractivity (Wildman–Crippen MR) is 106 cm³/mol. The molecule has 28 heavy (non-hydrogen) atoms. The zero-order valence-electron chi connectivity index (χ0n) is 15.2. The van der Waals surface area contributed by atoms with Crippen LogP contribution in [-0.2, 0) is 4.79 Å². The Labute approximate surface area is 161 Å². The van der Waals surface area contributed by atoms with Crippen molar-refractivity contribution >= 4 is 29.3 Å². The maximum absolute atomic E-state index is 13.0. The Hall–Kier alpha value is -3.61. The monoisotopic (exact) mass is 378 g/mol. The topological polar surface area (TPSA) is 103 Å². The molecule has 7 heteroatoms. The van der Waals surface area contributed by atoms with E-state index in [1.165, 1.54) is 12.1 Å². The van der Waals surface area contributed by atoms with Crippen LogP contribution in [0.5, 0.6) is 0 Å². The second kappa shape index (κ2) is 7.96. The number of allylic oxidation sites excluding steroid dienone is 2. The molecular formula is C21H18N2O5. The molecule has 1 fully saturated rings. The fraction of sp³-hybridized carbons (Fsp3) is 0.190. The number of ketones is 1. The van der Waals surface area contributed by atoms with Gasteiger partial charge in [0.2, 0.25) is 0 Å². The molecule has 142 valence electrons. The van der Waals surface area contributed by atoms with Crippen molar-refractivity contribution in [3.8, 4) is 0 Å². The van der Waals surface area contributed by atoms with Gasteiger partial charge in [0.1, 0.15) is 0 Å². The first kappa shape index (κ1) is 19.2. The van der Waals surface area contributed by atoms with Crippen LogP contribution in [-0.4, -0.2) is 15.6 Å². The fourth-order valence-electron chi connectivity index (χ4n) is 3.39. The maximum atomic E-state index is 13.0. The van der Waals surface area contributed by atoms with Crippen LogP contribution in [0, 0.1) is 26.1 Å². The van der Waals surface area contributed by atoms with Crippen molar-refractivity contribution in [2.75, 3.05) is 0 Å². The molecule has 0 bridgehead atoms. The van der Waals surface area contributed by atoms with Crippen LogP contribution in [0.1, 0.15) is 30.9 Å². The number of para-hydroxylation sites is 2. The van der Waals surface area contributed by atoms with E-state index in [9.17, 15) is 25.0 Å². The lowest BCUT2D eigenvalue weighted by Crippen LogP contribution is -2.18. The molecule has 1 saturated carbocycles. The molecule has 1 atom stereocenters. The van der Waals surface area contributed by atoms with E-state index < -0.39 is 9.85 Å². The molecular weight excluding hydrogens is 360 g/mol. The number of hydrogen-bond acceptors (Lipinski definition) is 5. The Morgan fingerprint density at radius 1 is 0.821 bits per heavy atom. The molecule has 0 radical (unpaired) electrons. The highest BCUT2D eigenvalue weighted by Crippen LogP contribution is 2.34. The Bertz CT molecular complexity index is 943. The summed E-state index contributed by atoms with van der Waals surface area (Å²) in [5.74, 6) is -0.0878. The Morgan fingerprint density at radius 3 is 1.61 bits per heavy atom. The smallest absolute Gasteiger partial charge is 0.276 e. The molecule has 2 aromatic carbocycles. The van der Waals surface area contributed by atoms with Gasteiger partial charge in [-0.25, -0.2) is 0 Å². The molecule has 0 spiro atoms. The molecule has 7 nitrogen and oxygen atoms in total. The van der Waals surface area contributed by atoms with Crippen LogP contribution in [0.4, 0.5) is 11.4 Å². The number of benzene rings is 2. The summed E-state index contributed by atoms with van der Waals surface area (Å²) in [6.07, 6.45) is 4.12. The van der Waals surface area contributed by atoms with Gasteiger partial charge in [-0.1, -0.05) is 31.2 Å². The molecule has 0 aliphatic heterocycles. The molecule has 0 amide bonds. The van der Waals surface area contributed by atoms with E-state index in [2.05, 4.69) is 0 Å². The third kappa shape index (κ3) is 4.03. The third-order valence-corrected chi connectivity index (χ3v) is 4.65. The maximum Gasteiger partial charge on any atom is 0.276 e. The molecule has 1 aliphatic carbocycles. The standard InChI is InChI=1S/C21H18N2O5/c1-14-10-17(12-15-6-2-4-8-19(15)22(25)26)21(24)18(11-14)13-16-7-3-5-9-20(16)23(27)28/h2-9,12-14H,10-11H2,1H3/b17-12-,18-13+. The van der Waals surface area contributed by atoms with Crippen molar-refractivity contribution in [2.45, 2.75) is 19.8 Å². The van der Waals surface area contributed by atoms with Gasteiger partial charge in [-0.3, -0.25) is 25.0 Å². The van der Waals surface area contributed by atoms with Gasteiger partial charge in [0, 0.05) is 23.3 Å². The number of carbonyl (C=O) groups is 1. The minimum atomic E-state index is -0.479. The number of Topliss-reactive ketones (excluding diaryl/α,β-unsaturated/α-hetero) is 1. The third-order valence-electron chi connectivity index (χ3n) is 4.65. The van der Waals surface area contributed by atoms with E-state index in [0.717, 1.165) is 0 Å². The summed E-state index contributed by atoms with van der Waals surface area (Å²) in [6.45, 7) is 1.98. The van der Waals surface area contributed by atoms with E-state index >= 15 is 0 Å². The van der Waals surface area contributed by atoms with Crippen molar-refractivity contribution < 1.29 is 14.6 Å². The van der Waals surface area contributed by atoms with Crippen LogP contribution >= 0.6 is 0 Å². The second-order valence-corrected chi connectivity index (χ2v) is 6.81. The van der Waals surface area contributed by atoms with Gasteiger partial charge in [0.25, 0.3) is 11.4 Å². The van der Waals surface area contributed by atoms with E-state index in [1.54, 1.807) is 48.6 Å². The van der Waals surface area contributed by atoms with E-state index in [-0.39, 0.29) is 23.1 Å².